The van der Waals surface area contributed by atoms with Gasteiger partial charge in [0.25, 0.3) is 0 Å². The Morgan fingerprint density at radius 3 is 2.76 bits per heavy atom. The summed E-state index contributed by atoms with van der Waals surface area (Å²) in [6.07, 6.45) is 3.93. The number of nitrogens with one attached hydrogen (secondary N) is 1. The van der Waals surface area contributed by atoms with Gasteiger partial charge in [-0.25, -0.2) is 4.39 Å². The summed E-state index contributed by atoms with van der Waals surface area (Å²) in [6, 6.07) is 3.15. The van der Waals surface area contributed by atoms with E-state index in [0.717, 1.165) is 35.9 Å². The predicted octanol–water partition coefficient (Wildman–Crippen LogP) is 1.36. The fourth-order valence-corrected chi connectivity index (χ4v) is 2.32. The number of benzene rings is 1. The predicted molar refractivity (Wildman–Crippen MR) is 70.6 cm³/mol. The van der Waals surface area contributed by atoms with Gasteiger partial charge < -0.3 is 9.88 Å². The molecule has 1 aliphatic rings. The number of nitrogens with zero attached hydrogens (tertiary/aromatic N) is 1. The molecule has 2 heterocycles. The molecule has 1 aromatic heterocycles. The Bertz CT molecular complexity index is 534. The molecule has 1 aromatic carbocycles. The molecule has 1 N–H and O–H groups in total. The summed E-state index contributed by atoms with van der Waals surface area (Å²) in [4.78, 5) is 0. The fourth-order valence-electron chi connectivity index (χ4n) is 2.32. The van der Waals surface area contributed by atoms with Crippen LogP contribution in [0.25, 0.3) is 10.9 Å². The molecule has 2 aromatic rings. The van der Waals surface area contributed by atoms with Crippen LogP contribution in [0, 0.1) is 5.82 Å². The van der Waals surface area contributed by atoms with Crippen molar-refractivity contribution < 1.29 is 4.39 Å². The molecule has 2 radical (unpaired) electrons. The molecule has 0 atom stereocenters. The van der Waals surface area contributed by atoms with Gasteiger partial charge in [0.15, 0.2) is 0 Å². The van der Waals surface area contributed by atoms with E-state index in [9.17, 15) is 4.39 Å². The highest BCUT2D eigenvalue weighted by atomic mass is 19.1. The maximum Gasteiger partial charge on any atom is 0.124 e. The average Bonchev–Trinajstić information content (AvgIpc) is 2.58. The second-order valence-electron chi connectivity index (χ2n) is 4.34. The summed E-state index contributed by atoms with van der Waals surface area (Å²) < 4.78 is 15.4. The molecular formula is C13H16BFN2. The van der Waals surface area contributed by atoms with Crippen LogP contribution >= 0.6 is 0 Å². The largest absolute Gasteiger partial charge is 0.348 e. The third-order valence-corrected chi connectivity index (χ3v) is 2.89. The summed E-state index contributed by atoms with van der Waals surface area (Å²) in [5.74, 6) is -0.182. The Hall–Kier alpha value is -1.29. The van der Waals surface area contributed by atoms with E-state index in [4.69, 9.17) is 7.85 Å². The first-order valence-electron chi connectivity index (χ1n) is 5.82. The van der Waals surface area contributed by atoms with Gasteiger partial charge in [0, 0.05) is 6.54 Å². The molecule has 0 aliphatic carbocycles. The van der Waals surface area contributed by atoms with E-state index in [0.29, 0.717) is 5.46 Å². The van der Waals surface area contributed by atoms with Crippen LogP contribution in [-0.4, -0.2) is 26.5 Å². The summed E-state index contributed by atoms with van der Waals surface area (Å²) in [7, 11) is 9.58. The number of hydrogen-bond donors (Lipinski definition) is 1. The van der Waals surface area contributed by atoms with Crippen LogP contribution in [0.4, 0.5) is 4.39 Å². The van der Waals surface area contributed by atoms with Crippen LogP contribution in [0.15, 0.2) is 18.3 Å². The lowest BCUT2D eigenvalue weighted by Crippen LogP contribution is -2.06. The van der Waals surface area contributed by atoms with Crippen LogP contribution < -0.4 is 10.8 Å². The molecule has 0 saturated carbocycles. The van der Waals surface area contributed by atoms with Gasteiger partial charge in [0.1, 0.15) is 13.7 Å². The lowest BCUT2D eigenvalue weighted by atomic mass is 9.94. The second kappa shape index (κ2) is 4.92. The maximum atomic E-state index is 13.2. The van der Waals surface area contributed by atoms with Crippen molar-refractivity contribution >= 4 is 24.2 Å². The zero-order valence-corrected chi connectivity index (χ0v) is 10.3. The monoisotopic (exact) mass is 230 g/mol. The second-order valence-corrected chi connectivity index (χ2v) is 4.34. The first-order chi connectivity index (χ1) is 8.17. The molecule has 88 valence electrons. The van der Waals surface area contributed by atoms with Gasteiger partial charge >= 0.3 is 0 Å². The molecule has 0 fully saturated rings. The van der Waals surface area contributed by atoms with Gasteiger partial charge in [0.2, 0.25) is 0 Å². The van der Waals surface area contributed by atoms with Gasteiger partial charge in [-0.1, -0.05) is 5.46 Å². The van der Waals surface area contributed by atoms with E-state index in [1.165, 1.54) is 6.07 Å². The minimum absolute atomic E-state index is 0.182. The molecule has 0 amide bonds. The summed E-state index contributed by atoms with van der Waals surface area (Å²) >= 11 is 0. The van der Waals surface area contributed by atoms with Crippen molar-refractivity contribution in [3.8, 4) is 0 Å². The van der Waals surface area contributed by atoms with Gasteiger partial charge in [0.05, 0.1) is 5.52 Å². The molecule has 3 rings (SSSR count). The molecule has 1 aliphatic heterocycles. The molecule has 4 heteroatoms. The molecular weight excluding hydrogens is 214 g/mol. The zero-order valence-electron chi connectivity index (χ0n) is 10.3. The van der Waals surface area contributed by atoms with E-state index >= 15 is 0 Å². The number of hydrogen-bond acceptors (Lipinski definition) is 1. The van der Waals surface area contributed by atoms with Crippen molar-refractivity contribution in [3.05, 3.63) is 29.7 Å². The Kier molecular flexibility index (Phi) is 3.53. The van der Waals surface area contributed by atoms with Crippen LogP contribution in [0.3, 0.4) is 0 Å². The van der Waals surface area contributed by atoms with E-state index in [1.807, 2.05) is 20.3 Å². The Morgan fingerprint density at radius 1 is 1.35 bits per heavy atom. The molecule has 0 saturated heterocycles. The number of aryl methyl sites for hydroxylation is 2. The van der Waals surface area contributed by atoms with Gasteiger partial charge in [-0.3, -0.25) is 0 Å². The van der Waals surface area contributed by atoms with E-state index in [1.54, 1.807) is 6.07 Å². The number of rotatable bonds is 0. The van der Waals surface area contributed by atoms with Gasteiger partial charge in [-0.15, -0.1) is 0 Å². The quantitative estimate of drug-likeness (QED) is 0.676. The normalized spacial score (nSPS) is 13.4. The van der Waals surface area contributed by atoms with Crippen molar-refractivity contribution in [1.82, 2.24) is 9.88 Å². The Balaban J connectivity index is 0.000000329. The highest BCUT2D eigenvalue weighted by molar-refractivity contribution is 6.39. The SMILES string of the molecule is CNC.[B]c1cn2c3c(cc(F)cc13)CCC2. The molecule has 0 unspecified atom stereocenters. The standard InChI is InChI=1S/C11H9BFN.C2H7N/c12-10-6-14-3-1-2-7-4-8(13)5-9(10)11(7)14;1-3-2/h4-6H,1-3H2;3H,1-2H3. The number of halogens is 1. The molecule has 0 bridgehead atoms. The van der Waals surface area contributed by atoms with E-state index in [-0.39, 0.29) is 5.82 Å². The average molecular weight is 230 g/mol. The lowest BCUT2D eigenvalue weighted by Gasteiger charge is -2.15. The first-order valence-corrected chi connectivity index (χ1v) is 5.82. The molecule has 2 nitrogen and oxygen atoms in total. The van der Waals surface area contributed by atoms with Crippen LogP contribution in [-0.2, 0) is 13.0 Å². The summed E-state index contributed by atoms with van der Waals surface area (Å²) in [5, 5.41) is 3.61. The van der Waals surface area contributed by atoms with Crippen molar-refractivity contribution in [2.24, 2.45) is 0 Å². The molecule has 17 heavy (non-hydrogen) atoms. The van der Waals surface area contributed by atoms with Gasteiger partial charge in [-0.2, -0.15) is 0 Å². The third-order valence-electron chi connectivity index (χ3n) is 2.89. The smallest absolute Gasteiger partial charge is 0.124 e. The van der Waals surface area contributed by atoms with E-state index in [2.05, 4.69) is 9.88 Å². The summed E-state index contributed by atoms with van der Waals surface area (Å²) in [5.41, 5.74) is 2.89. The topological polar surface area (TPSA) is 17.0 Å². The molecule has 0 spiro atoms. The van der Waals surface area contributed by atoms with Crippen molar-refractivity contribution in [2.45, 2.75) is 19.4 Å². The third kappa shape index (κ3) is 2.22. The minimum atomic E-state index is -0.182. The highest BCUT2D eigenvalue weighted by Gasteiger charge is 2.15. The Morgan fingerprint density at radius 2 is 2.06 bits per heavy atom. The summed E-state index contributed by atoms with van der Waals surface area (Å²) in [6.45, 7) is 0.992. The van der Waals surface area contributed by atoms with Crippen molar-refractivity contribution in [1.29, 1.82) is 0 Å². The van der Waals surface area contributed by atoms with Crippen LogP contribution in [0.1, 0.15) is 12.0 Å². The Labute approximate surface area is 102 Å². The van der Waals surface area contributed by atoms with E-state index < -0.39 is 0 Å². The highest BCUT2D eigenvalue weighted by Crippen LogP contribution is 2.25. The lowest BCUT2D eigenvalue weighted by molar-refractivity contribution is 0.611. The van der Waals surface area contributed by atoms with Crippen LogP contribution in [0.2, 0.25) is 0 Å². The van der Waals surface area contributed by atoms with Crippen LogP contribution in [0.5, 0.6) is 0 Å². The number of aromatic nitrogens is 1. The van der Waals surface area contributed by atoms with Gasteiger partial charge in [-0.05, 0) is 56.2 Å². The van der Waals surface area contributed by atoms with Crippen molar-refractivity contribution in [2.75, 3.05) is 14.1 Å². The van der Waals surface area contributed by atoms with Crippen molar-refractivity contribution in [3.63, 3.8) is 0 Å². The minimum Gasteiger partial charge on any atom is -0.348 e. The zero-order chi connectivity index (χ0) is 12.4. The first kappa shape index (κ1) is 12.2. The maximum absolute atomic E-state index is 13.2. The fraction of sp³-hybridized carbons (Fsp3) is 0.385.